The zero-order valence-corrected chi connectivity index (χ0v) is 21.5. The van der Waals surface area contributed by atoms with Gasteiger partial charge in [0.1, 0.15) is 0 Å². The number of thiazole rings is 1. The summed E-state index contributed by atoms with van der Waals surface area (Å²) in [7, 11) is -3.60. The standard InChI is InChI=1S/C26H29N3O3S2/c1-6-11-29-24-20(5)13-17(2)14-23(24)33-26(29)27-25(30)21-7-9-22(10-8-21)34(31,32)28-15-18(3)12-19(4)16-28/h1,7-10,13-14,18-19H,11-12,15-16H2,2-5H3. The molecule has 0 saturated carbocycles. The highest BCUT2D eigenvalue weighted by atomic mass is 32.2. The third-order valence-corrected chi connectivity index (χ3v) is 9.00. The van der Waals surface area contributed by atoms with Crippen molar-refractivity contribution < 1.29 is 13.2 Å². The highest BCUT2D eigenvalue weighted by Crippen LogP contribution is 2.27. The largest absolute Gasteiger partial charge is 0.304 e. The number of hydrogen-bond donors (Lipinski definition) is 0. The van der Waals surface area contributed by atoms with Gasteiger partial charge in [-0.3, -0.25) is 4.79 Å². The Balaban J connectivity index is 1.66. The second-order valence-corrected chi connectivity index (χ2v) is 12.3. The van der Waals surface area contributed by atoms with Crippen LogP contribution in [0.5, 0.6) is 0 Å². The Bertz CT molecular complexity index is 1450. The summed E-state index contributed by atoms with van der Waals surface area (Å²) in [6, 6.07) is 10.2. The lowest BCUT2D eigenvalue weighted by molar-refractivity contribution is 0.0998. The maximum absolute atomic E-state index is 13.1. The highest BCUT2D eigenvalue weighted by molar-refractivity contribution is 7.89. The fraction of sp³-hybridized carbons (Fsp3) is 0.385. The number of nitrogens with zero attached hydrogens (tertiary/aromatic N) is 3. The summed E-state index contributed by atoms with van der Waals surface area (Å²) < 4.78 is 30.7. The van der Waals surface area contributed by atoms with Crippen molar-refractivity contribution in [3.05, 3.63) is 57.9 Å². The average Bonchev–Trinajstić information content (AvgIpc) is 3.10. The van der Waals surface area contributed by atoms with E-state index in [1.807, 2.05) is 18.4 Å². The van der Waals surface area contributed by atoms with Crippen molar-refractivity contribution in [3.8, 4) is 12.3 Å². The molecule has 6 nitrogen and oxygen atoms in total. The number of hydrogen-bond acceptors (Lipinski definition) is 4. The van der Waals surface area contributed by atoms with Crippen molar-refractivity contribution in [2.45, 2.75) is 45.6 Å². The maximum Gasteiger partial charge on any atom is 0.279 e. The number of amides is 1. The molecule has 2 atom stereocenters. The quantitative estimate of drug-likeness (QED) is 0.505. The number of carbonyl (C=O) groups excluding carboxylic acids is 1. The van der Waals surface area contributed by atoms with Gasteiger partial charge in [-0.1, -0.05) is 37.2 Å². The van der Waals surface area contributed by atoms with Crippen LogP contribution in [0.4, 0.5) is 0 Å². The Morgan fingerprint density at radius 3 is 2.41 bits per heavy atom. The van der Waals surface area contributed by atoms with Crippen molar-refractivity contribution in [1.82, 2.24) is 8.87 Å². The van der Waals surface area contributed by atoms with Crippen LogP contribution in [0.25, 0.3) is 10.2 Å². The fourth-order valence-electron chi connectivity index (χ4n) is 4.79. The van der Waals surface area contributed by atoms with Crippen molar-refractivity contribution in [3.63, 3.8) is 0 Å². The van der Waals surface area contributed by atoms with Gasteiger partial charge in [0.05, 0.1) is 21.7 Å². The van der Waals surface area contributed by atoms with Gasteiger partial charge in [0.25, 0.3) is 5.91 Å². The Hall–Kier alpha value is -2.73. The molecule has 1 amide bonds. The maximum atomic E-state index is 13.1. The summed E-state index contributed by atoms with van der Waals surface area (Å²) in [5, 5.41) is 0. The Kier molecular flexibility index (Phi) is 6.81. The van der Waals surface area contributed by atoms with Gasteiger partial charge in [0.15, 0.2) is 4.80 Å². The van der Waals surface area contributed by atoms with Crippen LogP contribution in [0.15, 0.2) is 46.3 Å². The number of piperidine rings is 1. The number of aromatic nitrogens is 1. The molecule has 1 saturated heterocycles. The topological polar surface area (TPSA) is 71.7 Å². The molecule has 0 aliphatic carbocycles. The third-order valence-electron chi connectivity index (χ3n) is 6.13. The van der Waals surface area contributed by atoms with Gasteiger partial charge in [-0.25, -0.2) is 8.42 Å². The second-order valence-electron chi connectivity index (χ2n) is 9.31. The molecule has 34 heavy (non-hydrogen) atoms. The second kappa shape index (κ2) is 9.49. The Morgan fingerprint density at radius 2 is 1.79 bits per heavy atom. The first-order valence-electron chi connectivity index (χ1n) is 11.3. The lowest BCUT2D eigenvalue weighted by Gasteiger charge is -2.34. The molecule has 178 valence electrons. The van der Waals surface area contributed by atoms with Gasteiger partial charge in [-0.15, -0.1) is 6.42 Å². The molecule has 1 aromatic heterocycles. The van der Waals surface area contributed by atoms with E-state index in [1.165, 1.54) is 35.6 Å². The SMILES string of the molecule is C#CCn1c(=NC(=O)c2ccc(S(=O)(=O)N3CC(C)CC(C)C3)cc2)sc2cc(C)cc(C)c21. The lowest BCUT2D eigenvalue weighted by atomic mass is 9.94. The smallest absolute Gasteiger partial charge is 0.279 e. The molecule has 3 aromatic rings. The van der Waals surface area contributed by atoms with Gasteiger partial charge in [-0.05, 0) is 73.6 Å². The van der Waals surface area contributed by atoms with E-state index in [0.717, 1.165) is 27.8 Å². The van der Waals surface area contributed by atoms with Crippen LogP contribution in [0.3, 0.4) is 0 Å². The van der Waals surface area contributed by atoms with Crippen LogP contribution in [-0.4, -0.2) is 36.3 Å². The molecule has 0 bridgehead atoms. The highest BCUT2D eigenvalue weighted by Gasteiger charge is 2.31. The van der Waals surface area contributed by atoms with Crippen LogP contribution in [0, 0.1) is 38.0 Å². The van der Waals surface area contributed by atoms with Crippen LogP contribution in [0.2, 0.25) is 0 Å². The van der Waals surface area contributed by atoms with E-state index in [9.17, 15) is 13.2 Å². The molecule has 1 aliphatic heterocycles. The normalized spacial score (nSPS) is 19.9. The van der Waals surface area contributed by atoms with Crippen LogP contribution in [0.1, 0.15) is 41.8 Å². The number of benzene rings is 2. The Labute approximate surface area is 205 Å². The van der Waals surface area contributed by atoms with Crippen LogP contribution >= 0.6 is 11.3 Å². The molecule has 2 aromatic carbocycles. The summed E-state index contributed by atoms with van der Waals surface area (Å²) >= 11 is 1.42. The van der Waals surface area contributed by atoms with Crippen molar-refractivity contribution in [2.24, 2.45) is 16.8 Å². The number of rotatable bonds is 4. The Morgan fingerprint density at radius 1 is 1.15 bits per heavy atom. The first-order valence-corrected chi connectivity index (χ1v) is 13.6. The number of terminal acetylenes is 1. The number of sulfonamides is 1. The summed E-state index contributed by atoms with van der Waals surface area (Å²) in [6.45, 7) is 9.53. The summed E-state index contributed by atoms with van der Waals surface area (Å²) in [6.07, 6.45) is 6.61. The van der Waals surface area contributed by atoms with Gasteiger partial charge >= 0.3 is 0 Å². The predicted octanol–water partition coefficient (Wildman–Crippen LogP) is 4.36. The van der Waals surface area contributed by atoms with Crippen molar-refractivity contribution in [2.75, 3.05) is 13.1 Å². The number of aryl methyl sites for hydroxylation is 2. The minimum Gasteiger partial charge on any atom is -0.304 e. The first-order chi connectivity index (χ1) is 16.1. The minimum atomic E-state index is -3.60. The molecule has 2 unspecified atom stereocenters. The van der Waals surface area contributed by atoms with Gasteiger partial charge in [-0.2, -0.15) is 9.30 Å². The first kappa shape index (κ1) is 24.4. The van der Waals surface area contributed by atoms with Gasteiger partial charge < -0.3 is 4.57 Å². The van der Waals surface area contributed by atoms with Crippen molar-refractivity contribution in [1.29, 1.82) is 0 Å². The molecule has 0 spiro atoms. The zero-order valence-electron chi connectivity index (χ0n) is 19.9. The summed E-state index contributed by atoms with van der Waals surface area (Å²) in [5.74, 6) is 2.85. The summed E-state index contributed by atoms with van der Waals surface area (Å²) in [5.41, 5.74) is 3.51. The predicted molar refractivity (Wildman–Crippen MR) is 136 cm³/mol. The molecule has 0 N–H and O–H groups in total. The lowest BCUT2D eigenvalue weighted by Crippen LogP contribution is -2.42. The van der Waals surface area contributed by atoms with Crippen molar-refractivity contribution >= 4 is 37.5 Å². The third kappa shape index (κ3) is 4.74. The van der Waals surface area contributed by atoms with Gasteiger partial charge in [0, 0.05) is 18.7 Å². The molecule has 1 aliphatic rings. The molecule has 2 heterocycles. The minimum absolute atomic E-state index is 0.195. The van der Waals surface area contributed by atoms with Crippen LogP contribution < -0.4 is 4.80 Å². The van der Waals surface area contributed by atoms with E-state index in [4.69, 9.17) is 6.42 Å². The molecular weight excluding hydrogens is 466 g/mol. The molecule has 4 rings (SSSR count). The fourth-order valence-corrected chi connectivity index (χ4v) is 7.67. The van der Waals surface area contributed by atoms with Crippen LogP contribution in [-0.2, 0) is 16.6 Å². The number of carbonyl (C=O) groups is 1. The van der Waals surface area contributed by atoms with E-state index >= 15 is 0 Å². The molecule has 0 radical (unpaired) electrons. The van der Waals surface area contributed by atoms with E-state index < -0.39 is 15.9 Å². The molecule has 1 fully saturated rings. The monoisotopic (exact) mass is 495 g/mol. The zero-order chi connectivity index (χ0) is 24.6. The van der Waals surface area contributed by atoms with E-state index in [0.29, 0.717) is 41.8 Å². The van der Waals surface area contributed by atoms with Gasteiger partial charge in [0.2, 0.25) is 10.0 Å². The molecular formula is C26H29N3O3S2. The van der Waals surface area contributed by atoms with E-state index in [2.05, 4.69) is 36.9 Å². The number of fused-ring (bicyclic) bond motifs is 1. The van der Waals surface area contributed by atoms with E-state index in [1.54, 1.807) is 4.31 Å². The van der Waals surface area contributed by atoms with E-state index in [-0.39, 0.29) is 4.90 Å². The molecule has 8 heteroatoms. The summed E-state index contributed by atoms with van der Waals surface area (Å²) in [4.78, 5) is 18.0. The average molecular weight is 496 g/mol.